The number of allylic oxidation sites excluding steroid dienone is 1. The average Bonchev–Trinajstić information content (AvgIpc) is 2.45. The smallest absolute Gasteiger partial charge is 0.321 e. The third kappa shape index (κ3) is 6.02. The van der Waals surface area contributed by atoms with Crippen LogP contribution in [0.25, 0.3) is 0 Å². The summed E-state index contributed by atoms with van der Waals surface area (Å²) in [5, 5.41) is 12.7. The van der Waals surface area contributed by atoms with Gasteiger partial charge in [-0.05, 0) is 31.2 Å². The van der Waals surface area contributed by atoms with Crippen molar-refractivity contribution < 1.29 is 9.90 Å². The Morgan fingerprint density at radius 1 is 1.35 bits per heavy atom. The Morgan fingerprint density at radius 2 is 2.05 bits per heavy atom. The van der Waals surface area contributed by atoms with Gasteiger partial charge in [-0.2, -0.15) is 0 Å². The Morgan fingerprint density at radius 3 is 2.60 bits per heavy atom. The van der Waals surface area contributed by atoms with Gasteiger partial charge in [-0.25, -0.2) is 0 Å². The molecule has 20 heavy (non-hydrogen) atoms. The van der Waals surface area contributed by atoms with Crippen molar-refractivity contribution in [1.82, 2.24) is 5.32 Å². The highest BCUT2D eigenvalue weighted by atomic mass is 16.4. The monoisotopic (exact) mass is 275 g/mol. The van der Waals surface area contributed by atoms with Crippen molar-refractivity contribution >= 4 is 5.97 Å². The molecule has 0 aliphatic rings. The largest absolute Gasteiger partial charge is 0.480 e. The maximum Gasteiger partial charge on any atom is 0.321 e. The number of carboxylic acids is 1. The summed E-state index contributed by atoms with van der Waals surface area (Å²) in [6.45, 7) is 5.85. The predicted octanol–water partition coefficient (Wildman–Crippen LogP) is 3.41. The third-order valence-electron chi connectivity index (χ3n) is 3.37. The highest BCUT2D eigenvalue weighted by Gasteiger charge is 2.21. The second-order valence-electron chi connectivity index (χ2n) is 5.10. The van der Waals surface area contributed by atoms with E-state index in [9.17, 15) is 9.90 Å². The van der Waals surface area contributed by atoms with E-state index in [1.807, 2.05) is 36.4 Å². The molecule has 0 radical (unpaired) electrons. The van der Waals surface area contributed by atoms with Crippen LogP contribution in [0.15, 0.2) is 43.0 Å². The topological polar surface area (TPSA) is 49.3 Å². The van der Waals surface area contributed by atoms with Gasteiger partial charge < -0.3 is 10.4 Å². The first-order chi connectivity index (χ1) is 9.67. The number of carbonyl (C=O) groups is 1. The normalized spacial score (nSPS) is 13.7. The van der Waals surface area contributed by atoms with E-state index >= 15 is 0 Å². The highest BCUT2D eigenvalue weighted by molar-refractivity contribution is 5.74. The van der Waals surface area contributed by atoms with E-state index in [1.54, 1.807) is 0 Å². The molecular formula is C17H25NO2. The van der Waals surface area contributed by atoms with Crippen LogP contribution >= 0.6 is 0 Å². The average molecular weight is 275 g/mol. The van der Waals surface area contributed by atoms with E-state index in [0.717, 1.165) is 31.2 Å². The lowest BCUT2D eigenvalue weighted by molar-refractivity contribution is -0.139. The molecule has 0 saturated carbocycles. The summed E-state index contributed by atoms with van der Waals surface area (Å²) >= 11 is 0. The summed E-state index contributed by atoms with van der Waals surface area (Å²) in [5.41, 5.74) is 1.05. The van der Waals surface area contributed by atoms with E-state index < -0.39 is 12.0 Å². The van der Waals surface area contributed by atoms with Crippen molar-refractivity contribution in [2.45, 2.75) is 51.1 Å². The lowest BCUT2D eigenvalue weighted by atomic mass is 10.0. The van der Waals surface area contributed by atoms with Gasteiger partial charge in [0.25, 0.3) is 0 Å². The maximum absolute atomic E-state index is 11.4. The molecule has 2 N–H and O–H groups in total. The van der Waals surface area contributed by atoms with Crippen LogP contribution in [0, 0.1) is 0 Å². The molecule has 0 bridgehead atoms. The minimum atomic E-state index is -0.784. The second kappa shape index (κ2) is 9.32. The van der Waals surface area contributed by atoms with Crippen LogP contribution in [-0.2, 0) is 11.2 Å². The number of hydrogen-bond acceptors (Lipinski definition) is 2. The molecule has 0 spiro atoms. The Hall–Kier alpha value is -1.61. The Balaban J connectivity index is 2.64. The van der Waals surface area contributed by atoms with Crippen molar-refractivity contribution in [1.29, 1.82) is 0 Å². The summed E-state index contributed by atoms with van der Waals surface area (Å²) in [4.78, 5) is 11.4. The van der Waals surface area contributed by atoms with E-state index in [2.05, 4.69) is 18.8 Å². The van der Waals surface area contributed by atoms with Gasteiger partial charge in [-0.1, -0.05) is 49.8 Å². The first kappa shape index (κ1) is 16.4. The van der Waals surface area contributed by atoms with E-state index in [1.165, 1.54) is 0 Å². The molecule has 0 aliphatic carbocycles. The predicted molar refractivity (Wildman–Crippen MR) is 82.8 cm³/mol. The molecule has 3 heteroatoms. The number of nitrogens with one attached hydrogen (secondary N) is 1. The molecule has 2 atom stereocenters. The molecule has 0 heterocycles. The molecule has 110 valence electrons. The summed E-state index contributed by atoms with van der Waals surface area (Å²) in [7, 11) is 0. The molecule has 0 aromatic heterocycles. The third-order valence-corrected chi connectivity index (χ3v) is 3.37. The fourth-order valence-electron chi connectivity index (χ4n) is 2.33. The first-order valence-corrected chi connectivity index (χ1v) is 7.31. The SMILES string of the molecule is C=CCCC(CCC)N[C@H](Cc1ccccc1)C(=O)O. The number of carboxylic acid groups (broad SMARTS) is 1. The lowest BCUT2D eigenvalue weighted by Crippen LogP contribution is -2.44. The molecular weight excluding hydrogens is 250 g/mol. The highest BCUT2D eigenvalue weighted by Crippen LogP contribution is 2.10. The molecule has 3 nitrogen and oxygen atoms in total. The van der Waals surface area contributed by atoms with Gasteiger partial charge >= 0.3 is 5.97 Å². The molecule has 0 aliphatic heterocycles. The van der Waals surface area contributed by atoms with Gasteiger partial charge in [0.05, 0.1) is 0 Å². The summed E-state index contributed by atoms with van der Waals surface area (Å²) in [6, 6.07) is 9.47. The van der Waals surface area contributed by atoms with Crippen molar-refractivity contribution in [2.75, 3.05) is 0 Å². The fourth-order valence-corrected chi connectivity index (χ4v) is 2.33. The van der Waals surface area contributed by atoms with E-state index in [-0.39, 0.29) is 6.04 Å². The van der Waals surface area contributed by atoms with Crippen molar-refractivity contribution in [3.63, 3.8) is 0 Å². The Bertz CT molecular complexity index is 403. The lowest BCUT2D eigenvalue weighted by Gasteiger charge is -2.23. The fraction of sp³-hybridized carbons (Fsp3) is 0.471. The van der Waals surface area contributed by atoms with Gasteiger partial charge in [0.2, 0.25) is 0 Å². The van der Waals surface area contributed by atoms with E-state index in [4.69, 9.17) is 0 Å². The summed E-state index contributed by atoms with van der Waals surface area (Å²) < 4.78 is 0. The molecule has 1 unspecified atom stereocenters. The molecule has 0 saturated heterocycles. The van der Waals surface area contributed by atoms with Crippen LogP contribution in [0.5, 0.6) is 0 Å². The molecule has 1 aromatic rings. The molecule has 0 amide bonds. The van der Waals surface area contributed by atoms with Crippen LogP contribution in [0.3, 0.4) is 0 Å². The van der Waals surface area contributed by atoms with Gasteiger partial charge in [0, 0.05) is 6.04 Å². The number of benzene rings is 1. The van der Waals surface area contributed by atoms with Crippen molar-refractivity contribution in [3.8, 4) is 0 Å². The quantitative estimate of drug-likeness (QED) is 0.643. The minimum absolute atomic E-state index is 0.239. The van der Waals surface area contributed by atoms with Crippen LogP contribution in [0.1, 0.15) is 38.2 Å². The second-order valence-corrected chi connectivity index (χ2v) is 5.10. The van der Waals surface area contributed by atoms with Gasteiger partial charge in [-0.15, -0.1) is 6.58 Å². The standard InChI is InChI=1S/C17H25NO2/c1-3-5-12-15(9-4-2)18-16(17(19)20)13-14-10-7-6-8-11-14/h3,6-8,10-11,15-16,18H,1,4-5,9,12-13H2,2H3,(H,19,20)/t15?,16-/m1/s1. The first-order valence-electron chi connectivity index (χ1n) is 7.31. The van der Waals surface area contributed by atoms with Crippen LogP contribution in [-0.4, -0.2) is 23.2 Å². The molecule has 1 rings (SSSR count). The Kier molecular flexibility index (Phi) is 7.66. The van der Waals surface area contributed by atoms with Crippen LogP contribution in [0.4, 0.5) is 0 Å². The summed E-state index contributed by atoms with van der Waals surface area (Å²) in [5.74, 6) is -0.784. The molecule has 1 aromatic carbocycles. The Labute approximate surface area is 121 Å². The van der Waals surface area contributed by atoms with Crippen molar-refractivity contribution in [2.24, 2.45) is 0 Å². The van der Waals surface area contributed by atoms with Crippen molar-refractivity contribution in [3.05, 3.63) is 48.6 Å². The zero-order valence-corrected chi connectivity index (χ0v) is 12.2. The van der Waals surface area contributed by atoms with Gasteiger partial charge in [-0.3, -0.25) is 4.79 Å². The molecule has 0 fully saturated rings. The number of rotatable bonds is 10. The van der Waals surface area contributed by atoms with Gasteiger partial charge in [0.15, 0.2) is 0 Å². The van der Waals surface area contributed by atoms with Crippen LogP contribution < -0.4 is 5.32 Å². The minimum Gasteiger partial charge on any atom is -0.480 e. The number of hydrogen-bond donors (Lipinski definition) is 2. The maximum atomic E-state index is 11.4. The zero-order valence-electron chi connectivity index (χ0n) is 12.2. The zero-order chi connectivity index (χ0) is 14.8. The van der Waals surface area contributed by atoms with E-state index in [0.29, 0.717) is 6.42 Å². The summed E-state index contributed by atoms with van der Waals surface area (Å²) in [6.07, 6.45) is 6.30. The number of aliphatic carboxylic acids is 1. The van der Waals surface area contributed by atoms with Crippen LogP contribution in [0.2, 0.25) is 0 Å². The van der Waals surface area contributed by atoms with Gasteiger partial charge in [0.1, 0.15) is 6.04 Å².